The average molecular weight is 464 g/mol. The fourth-order valence-electron chi connectivity index (χ4n) is 4.64. The molecule has 0 saturated carbocycles. The maximum absolute atomic E-state index is 12.9. The van der Waals surface area contributed by atoms with Gasteiger partial charge in [0.1, 0.15) is 11.5 Å². The number of fused-ring (bicyclic) bond motifs is 1. The van der Waals surface area contributed by atoms with E-state index in [1.54, 1.807) is 6.20 Å². The Morgan fingerprint density at radius 2 is 1.97 bits per heavy atom. The number of aromatic nitrogens is 4. The Kier molecular flexibility index (Phi) is 6.22. The summed E-state index contributed by atoms with van der Waals surface area (Å²) in [6.45, 7) is 6.54. The van der Waals surface area contributed by atoms with E-state index in [2.05, 4.69) is 37.7 Å². The Morgan fingerprint density at radius 3 is 2.73 bits per heavy atom. The highest BCUT2D eigenvalue weighted by atomic mass is 32.2. The predicted octanol–water partition coefficient (Wildman–Crippen LogP) is 4.71. The lowest BCUT2D eigenvalue weighted by atomic mass is 9.89. The molecule has 1 fully saturated rings. The molecule has 3 N–H and O–H groups in total. The Morgan fingerprint density at radius 1 is 1.15 bits per heavy atom. The normalized spacial score (nSPS) is 21.1. The minimum atomic E-state index is -0.0497. The van der Waals surface area contributed by atoms with Crippen LogP contribution in [0.2, 0.25) is 0 Å². The molecule has 2 aliphatic heterocycles. The van der Waals surface area contributed by atoms with Gasteiger partial charge in [0.05, 0.1) is 17.1 Å². The first-order valence-electron chi connectivity index (χ1n) is 11.5. The SMILES string of the molecule is Cc1ncccc1NC(=O)N1CCC(C2SC(C)CNc3[nH]nc(-c4ccccn4)c32)CC1. The molecule has 3 aromatic rings. The van der Waals surface area contributed by atoms with E-state index >= 15 is 0 Å². The minimum Gasteiger partial charge on any atom is -0.369 e. The second-order valence-corrected chi connectivity index (χ2v) is 10.3. The lowest BCUT2D eigenvalue weighted by molar-refractivity contribution is 0.182. The summed E-state index contributed by atoms with van der Waals surface area (Å²) >= 11 is 2.01. The molecule has 2 atom stereocenters. The molecule has 3 aromatic heterocycles. The van der Waals surface area contributed by atoms with Crippen LogP contribution in [0.3, 0.4) is 0 Å². The number of carbonyl (C=O) groups is 1. The molecule has 172 valence electrons. The van der Waals surface area contributed by atoms with Gasteiger partial charge in [0.15, 0.2) is 0 Å². The van der Waals surface area contributed by atoms with Gasteiger partial charge >= 0.3 is 6.03 Å². The molecule has 9 heteroatoms. The van der Waals surface area contributed by atoms with Crippen LogP contribution in [-0.2, 0) is 0 Å². The number of thioether (sulfide) groups is 1. The number of piperidine rings is 1. The van der Waals surface area contributed by atoms with E-state index in [9.17, 15) is 4.79 Å². The molecule has 5 rings (SSSR count). The summed E-state index contributed by atoms with van der Waals surface area (Å²) in [6, 6.07) is 9.62. The number of nitrogens with one attached hydrogen (secondary N) is 3. The van der Waals surface area contributed by atoms with Crippen LogP contribution in [0.4, 0.5) is 16.3 Å². The van der Waals surface area contributed by atoms with Crippen molar-refractivity contribution >= 4 is 29.3 Å². The van der Waals surface area contributed by atoms with Gasteiger partial charge in [0.25, 0.3) is 0 Å². The number of rotatable bonds is 3. The smallest absolute Gasteiger partial charge is 0.321 e. The summed E-state index contributed by atoms with van der Waals surface area (Å²) in [7, 11) is 0. The average Bonchev–Trinajstić information content (AvgIpc) is 3.19. The molecule has 0 aromatic carbocycles. The van der Waals surface area contributed by atoms with E-state index in [4.69, 9.17) is 0 Å². The van der Waals surface area contributed by atoms with Crippen LogP contribution < -0.4 is 10.6 Å². The Balaban J connectivity index is 1.33. The molecule has 0 radical (unpaired) electrons. The molecule has 1 saturated heterocycles. The molecule has 8 nitrogen and oxygen atoms in total. The molecule has 2 aliphatic rings. The van der Waals surface area contributed by atoms with Crippen molar-refractivity contribution in [3.8, 4) is 11.4 Å². The monoisotopic (exact) mass is 463 g/mol. The number of pyridine rings is 2. The largest absolute Gasteiger partial charge is 0.369 e. The van der Waals surface area contributed by atoms with Crippen molar-refractivity contribution in [1.29, 1.82) is 0 Å². The van der Waals surface area contributed by atoms with Crippen molar-refractivity contribution in [3.63, 3.8) is 0 Å². The number of H-pyrrole nitrogens is 1. The zero-order chi connectivity index (χ0) is 22.8. The van der Waals surface area contributed by atoms with Crippen LogP contribution in [0.25, 0.3) is 11.4 Å². The maximum Gasteiger partial charge on any atom is 0.321 e. The molecule has 0 bridgehead atoms. The van der Waals surface area contributed by atoms with E-state index in [-0.39, 0.29) is 6.03 Å². The fourth-order valence-corrected chi connectivity index (χ4v) is 6.18. The first-order valence-corrected chi connectivity index (χ1v) is 12.4. The third-order valence-corrected chi connectivity index (χ3v) is 7.99. The van der Waals surface area contributed by atoms with E-state index in [0.717, 1.165) is 61.1 Å². The molecule has 0 aliphatic carbocycles. The second kappa shape index (κ2) is 9.43. The standard InChI is InChI=1S/C24H29N7OS/c1-15-14-27-23-20(21(29-30-23)19-6-3-4-10-26-19)22(33-15)17-8-12-31(13-9-17)24(32)28-18-7-5-11-25-16(18)2/h3-7,10-11,15,17,22H,8-9,12-14H2,1-2H3,(H,28,32)(H2,27,29,30). The van der Waals surface area contributed by atoms with Crippen molar-refractivity contribution in [3.05, 3.63) is 54.0 Å². The molecular formula is C24H29N7OS. The van der Waals surface area contributed by atoms with E-state index in [1.165, 1.54) is 5.56 Å². The van der Waals surface area contributed by atoms with Crippen LogP contribution in [0, 0.1) is 12.8 Å². The number of aromatic amines is 1. The molecule has 2 amide bonds. The Labute approximate surface area is 198 Å². The van der Waals surface area contributed by atoms with Gasteiger partial charge in [0, 0.05) is 48.1 Å². The highest BCUT2D eigenvalue weighted by molar-refractivity contribution is 8.00. The summed E-state index contributed by atoms with van der Waals surface area (Å²) in [5.41, 5.74) is 4.63. The van der Waals surface area contributed by atoms with Gasteiger partial charge < -0.3 is 15.5 Å². The van der Waals surface area contributed by atoms with Crippen LogP contribution in [-0.4, -0.2) is 56.0 Å². The molecule has 0 spiro atoms. The van der Waals surface area contributed by atoms with Crippen LogP contribution in [0.1, 0.15) is 36.3 Å². The maximum atomic E-state index is 12.9. The molecular weight excluding hydrogens is 434 g/mol. The predicted molar refractivity (Wildman–Crippen MR) is 132 cm³/mol. The highest BCUT2D eigenvalue weighted by Crippen LogP contribution is 2.49. The van der Waals surface area contributed by atoms with Crippen LogP contribution >= 0.6 is 11.8 Å². The lowest BCUT2D eigenvalue weighted by Crippen LogP contribution is -2.42. The van der Waals surface area contributed by atoms with E-state index < -0.39 is 0 Å². The van der Waals surface area contributed by atoms with Gasteiger partial charge in [-0.15, -0.1) is 11.8 Å². The third-order valence-electron chi connectivity index (χ3n) is 6.44. The van der Waals surface area contributed by atoms with Gasteiger partial charge in [0.2, 0.25) is 0 Å². The van der Waals surface area contributed by atoms with Gasteiger partial charge in [-0.05, 0) is 49.9 Å². The number of nitrogens with zero attached hydrogens (tertiary/aromatic N) is 4. The number of aryl methyl sites for hydroxylation is 1. The number of hydrogen-bond acceptors (Lipinski definition) is 6. The van der Waals surface area contributed by atoms with Gasteiger partial charge in [-0.2, -0.15) is 5.10 Å². The number of anilines is 2. The third kappa shape index (κ3) is 4.55. The van der Waals surface area contributed by atoms with Crippen molar-refractivity contribution in [2.24, 2.45) is 5.92 Å². The topological polar surface area (TPSA) is 98.8 Å². The van der Waals surface area contributed by atoms with Crippen molar-refractivity contribution in [2.75, 3.05) is 30.3 Å². The zero-order valence-corrected chi connectivity index (χ0v) is 19.7. The number of amides is 2. The number of urea groups is 1. The molecule has 2 unspecified atom stereocenters. The second-order valence-electron chi connectivity index (χ2n) is 8.72. The van der Waals surface area contributed by atoms with Crippen molar-refractivity contribution in [1.82, 2.24) is 25.1 Å². The summed E-state index contributed by atoms with van der Waals surface area (Å²) in [5, 5.41) is 15.2. The molecule has 33 heavy (non-hydrogen) atoms. The number of likely N-dealkylation sites (tertiary alicyclic amines) is 1. The zero-order valence-electron chi connectivity index (χ0n) is 18.9. The summed E-state index contributed by atoms with van der Waals surface area (Å²) in [6.07, 6.45) is 5.46. The number of hydrogen-bond donors (Lipinski definition) is 3. The lowest BCUT2D eigenvalue weighted by Gasteiger charge is -2.36. The summed E-state index contributed by atoms with van der Waals surface area (Å²) in [5.74, 6) is 1.46. The van der Waals surface area contributed by atoms with Crippen molar-refractivity contribution in [2.45, 2.75) is 37.2 Å². The van der Waals surface area contributed by atoms with Gasteiger partial charge in [-0.25, -0.2) is 4.79 Å². The quantitative estimate of drug-likeness (QED) is 0.520. The fraction of sp³-hybridized carbons (Fsp3) is 0.417. The van der Waals surface area contributed by atoms with Crippen LogP contribution in [0.15, 0.2) is 42.7 Å². The molecule has 5 heterocycles. The highest BCUT2D eigenvalue weighted by Gasteiger charge is 2.36. The Hall–Kier alpha value is -3.07. The van der Waals surface area contributed by atoms with Gasteiger partial charge in [-0.3, -0.25) is 15.1 Å². The first-order chi connectivity index (χ1) is 16.1. The first kappa shape index (κ1) is 21.8. The summed E-state index contributed by atoms with van der Waals surface area (Å²) in [4.78, 5) is 23.6. The minimum absolute atomic E-state index is 0.0497. The van der Waals surface area contributed by atoms with Crippen molar-refractivity contribution < 1.29 is 4.79 Å². The van der Waals surface area contributed by atoms with E-state index in [1.807, 2.05) is 60.1 Å². The summed E-state index contributed by atoms with van der Waals surface area (Å²) < 4.78 is 0. The Bertz CT molecular complexity index is 1110. The van der Waals surface area contributed by atoms with Gasteiger partial charge in [-0.1, -0.05) is 13.0 Å². The van der Waals surface area contributed by atoms with E-state index in [0.29, 0.717) is 16.4 Å². The van der Waals surface area contributed by atoms with Crippen LogP contribution in [0.5, 0.6) is 0 Å². The number of carbonyl (C=O) groups excluding carboxylic acids is 1.